The van der Waals surface area contributed by atoms with Gasteiger partial charge in [0, 0.05) is 25.2 Å². The number of carbonyl (C=O) groups is 1. The van der Waals surface area contributed by atoms with E-state index in [1.54, 1.807) is 6.20 Å². The van der Waals surface area contributed by atoms with Crippen molar-refractivity contribution in [2.45, 2.75) is 6.42 Å². The molecule has 1 amide bonds. The molecule has 2 aromatic rings. The number of hydrogen-bond donors (Lipinski definition) is 1. The average molecular weight is 277 g/mol. The number of nitrogens with one attached hydrogen (secondary N) is 1. The molecular formula is C12H9ClN4O2. The summed E-state index contributed by atoms with van der Waals surface area (Å²) in [5.74, 6) is -0.298. The molecule has 0 saturated carbocycles. The molecule has 1 aliphatic rings. The summed E-state index contributed by atoms with van der Waals surface area (Å²) in [7, 11) is 1.49. The maximum atomic E-state index is 11.4. The van der Waals surface area contributed by atoms with Crippen LogP contribution in [0.25, 0.3) is 17.5 Å². The monoisotopic (exact) mass is 276 g/mol. The first-order chi connectivity index (χ1) is 9.20. The Hall–Kier alpha value is -2.21. The SMILES string of the molecule is CNC(=O)c1nc(-c2cnc3c(c2Cl)C=CC3)no1. The van der Waals surface area contributed by atoms with E-state index in [1.165, 1.54) is 7.05 Å². The number of aromatic nitrogens is 3. The maximum Gasteiger partial charge on any atom is 0.316 e. The van der Waals surface area contributed by atoms with Crippen LogP contribution in [0.2, 0.25) is 5.02 Å². The molecule has 96 valence electrons. The zero-order valence-corrected chi connectivity index (χ0v) is 10.7. The van der Waals surface area contributed by atoms with Gasteiger partial charge >= 0.3 is 11.8 Å². The van der Waals surface area contributed by atoms with Crippen LogP contribution in [0.3, 0.4) is 0 Å². The summed E-state index contributed by atoms with van der Waals surface area (Å²) in [5, 5.41) is 6.67. The highest BCUT2D eigenvalue weighted by Crippen LogP contribution is 2.33. The van der Waals surface area contributed by atoms with Crippen LogP contribution in [0, 0.1) is 0 Å². The number of fused-ring (bicyclic) bond motifs is 1. The highest BCUT2D eigenvalue weighted by Gasteiger charge is 2.20. The van der Waals surface area contributed by atoms with E-state index in [1.807, 2.05) is 12.2 Å². The molecule has 0 spiro atoms. The van der Waals surface area contributed by atoms with Gasteiger partial charge in [0.25, 0.3) is 0 Å². The number of halogens is 1. The van der Waals surface area contributed by atoms with Crippen molar-refractivity contribution in [3.05, 3.63) is 34.4 Å². The minimum absolute atomic E-state index is 0.107. The molecular weight excluding hydrogens is 268 g/mol. The number of hydrogen-bond acceptors (Lipinski definition) is 5. The van der Waals surface area contributed by atoms with E-state index in [9.17, 15) is 4.79 Å². The third-order valence-electron chi connectivity index (χ3n) is 2.82. The van der Waals surface area contributed by atoms with Gasteiger partial charge in [-0.25, -0.2) is 0 Å². The summed E-state index contributed by atoms with van der Waals surface area (Å²) in [4.78, 5) is 19.7. The minimum atomic E-state index is -0.441. The molecule has 0 unspecified atom stereocenters. The summed E-state index contributed by atoms with van der Waals surface area (Å²) in [5.41, 5.74) is 2.33. The van der Waals surface area contributed by atoms with Crippen LogP contribution in [0.5, 0.6) is 0 Å². The molecule has 3 rings (SSSR count). The molecule has 6 nitrogen and oxygen atoms in total. The summed E-state index contributed by atoms with van der Waals surface area (Å²) >= 11 is 6.30. The fourth-order valence-corrected chi connectivity index (χ4v) is 2.15. The number of amides is 1. The highest BCUT2D eigenvalue weighted by atomic mass is 35.5. The van der Waals surface area contributed by atoms with Gasteiger partial charge in [0.05, 0.1) is 16.3 Å². The topological polar surface area (TPSA) is 80.9 Å². The van der Waals surface area contributed by atoms with Crippen molar-refractivity contribution in [3.8, 4) is 11.4 Å². The van der Waals surface area contributed by atoms with E-state index in [4.69, 9.17) is 16.1 Å². The highest BCUT2D eigenvalue weighted by molar-refractivity contribution is 6.34. The van der Waals surface area contributed by atoms with Gasteiger partial charge in [0.15, 0.2) is 0 Å². The number of nitrogens with zero attached hydrogens (tertiary/aromatic N) is 3. The van der Waals surface area contributed by atoms with Crippen LogP contribution in [0.4, 0.5) is 0 Å². The fourth-order valence-electron chi connectivity index (χ4n) is 1.85. The number of pyridine rings is 1. The predicted molar refractivity (Wildman–Crippen MR) is 68.7 cm³/mol. The van der Waals surface area contributed by atoms with Crippen molar-refractivity contribution >= 4 is 23.6 Å². The Kier molecular flexibility index (Phi) is 2.79. The van der Waals surface area contributed by atoms with Gasteiger partial charge in [0.2, 0.25) is 5.82 Å². The molecule has 0 bridgehead atoms. The van der Waals surface area contributed by atoms with E-state index in [2.05, 4.69) is 20.4 Å². The molecule has 0 atom stereocenters. The van der Waals surface area contributed by atoms with Crippen LogP contribution in [0.15, 0.2) is 16.8 Å². The van der Waals surface area contributed by atoms with Crippen LogP contribution in [0.1, 0.15) is 21.9 Å². The van der Waals surface area contributed by atoms with Gasteiger partial charge in [-0.1, -0.05) is 28.9 Å². The molecule has 0 radical (unpaired) electrons. The molecule has 0 aliphatic heterocycles. The van der Waals surface area contributed by atoms with Gasteiger partial charge in [-0.15, -0.1) is 0 Å². The predicted octanol–water partition coefficient (Wildman–Crippen LogP) is 1.71. The van der Waals surface area contributed by atoms with Crippen molar-refractivity contribution in [1.29, 1.82) is 0 Å². The Morgan fingerprint density at radius 2 is 2.37 bits per heavy atom. The van der Waals surface area contributed by atoms with Gasteiger partial charge < -0.3 is 9.84 Å². The molecule has 1 N–H and O–H groups in total. The normalized spacial score (nSPS) is 12.5. The average Bonchev–Trinajstić information content (AvgIpc) is 3.07. The summed E-state index contributed by atoms with van der Waals surface area (Å²) < 4.78 is 4.87. The maximum absolute atomic E-state index is 11.4. The lowest BCUT2D eigenvalue weighted by atomic mass is 10.1. The second kappa shape index (κ2) is 4.47. The lowest BCUT2D eigenvalue weighted by Gasteiger charge is -2.04. The van der Waals surface area contributed by atoms with E-state index in [0.717, 1.165) is 17.7 Å². The summed E-state index contributed by atoms with van der Waals surface area (Å²) in [6.07, 6.45) is 6.26. The second-order valence-corrected chi connectivity index (χ2v) is 4.33. The minimum Gasteiger partial charge on any atom is -0.351 e. The number of rotatable bonds is 2. The summed E-state index contributed by atoms with van der Waals surface area (Å²) in [6, 6.07) is 0. The summed E-state index contributed by atoms with van der Waals surface area (Å²) in [6.45, 7) is 0. The lowest BCUT2D eigenvalue weighted by Crippen LogP contribution is -2.17. The molecule has 0 fully saturated rings. The zero-order valence-electron chi connectivity index (χ0n) is 9.98. The van der Waals surface area contributed by atoms with Gasteiger partial charge in [-0.05, 0) is 0 Å². The van der Waals surface area contributed by atoms with Crippen LogP contribution in [-0.2, 0) is 6.42 Å². The lowest BCUT2D eigenvalue weighted by molar-refractivity contribution is 0.0919. The first kappa shape index (κ1) is 11.9. The van der Waals surface area contributed by atoms with Gasteiger partial charge in [0.1, 0.15) is 0 Å². The first-order valence-corrected chi connectivity index (χ1v) is 5.98. The third kappa shape index (κ3) is 1.90. The van der Waals surface area contributed by atoms with Crippen LogP contribution in [-0.4, -0.2) is 28.1 Å². The van der Waals surface area contributed by atoms with Crippen molar-refractivity contribution in [2.75, 3.05) is 7.05 Å². The largest absolute Gasteiger partial charge is 0.351 e. The standard InChI is InChI=1S/C12H9ClN4O2/c1-14-11(18)12-16-10(17-19-12)7-5-15-8-4-2-3-6(8)9(7)13/h2-3,5H,4H2,1H3,(H,14,18). The second-order valence-electron chi connectivity index (χ2n) is 3.95. The van der Waals surface area contributed by atoms with Crippen molar-refractivity contribution in [1.82, 2.24) is 20.4 Å². The van der Waals surface area contributed by atoms with E-state index in [0.29, 0.717) is 10.6 Å². The molecule has 0 saturated heterocycles. The smallest absolute Gasteiger partial charge is 0.316 e. The Labute approximate surface area is 113 Å². The Morgan fingerprint density at radius 3 is 3.16 bits per heavy atom. The zero-order chi connectivity index (χ0) is 13.4. The third-order valence-corrected chi connectivity index (χ3v) is 3.22. The van der Waals surface area contributed by atoms with Gasteiger partial charge in [-0.3, -0.25) is 9.78 Å². The Balaban J connectivity index is 2.05. The van der Waals surface area contributed by atoms with E-state index in [-0.39, 0.29) is 11.7 Å². The number of carbonyl (C=O) groups excluding carboxylic acids is 1. The van der Waals surface area contributed by atoms with Crippen LogP contribution < -0.4 is 5.32 Å². The number of allylic oxidation sites excluding steroid dienone is 1. The molecule has 1 aliphatic carbocycles. The van der Waals surface area contributed by atoms with E-state index >= 15 is 0 Å². The molecule has 19 heavy (non-hydrogen) atoms. The molecule has 2 aromatic heterocycles. The Morgan fingerprint density at radius 1 is 1.53 bits per heavy atom. The first-order valence-electron chi connectivity index (χ1n) is 5.60. The molecule has 7 heteroatoms. The quantitative estimate of drug-likeness (QED) is 0.903. The van der Waals surface area contributed by atoms with Crippen molar-refractivity contribution in [3.63, 3.8) is 0 Å². The van der Waals surface area contributed by atoms with Crippen molar-refractivity contribution < 1.29 is 9.32 Å². The fraction of sp³-hybridized carbons (Fsp3) is 0.167. The molecule has 0 aromatic carbocycles. The Bertz CT molecular complexity index is 693. The van der Waals surface area contributed by atoms with Crippen molar-refractivity contribution in [2.24, 2.45) is 0 Å². The van der Waals surface area contributed by atoms with E-state index < -0.39 is 5.91 Å². The van der Waals surface area contributed by atoms with Crippen LogP contribution >= 0.6 is 11.6 Å². The van der Waals surface area contributed by atoms with Gasteiger partial charge in [-0.2, -0.15) is 4.98 Å². The molecule has 2 heterocycles.